The predicted molar refractivity (Wildman–Crippen MR) is 66.9 cm³/mol. The summed E-state index contributed by atoms with van der Waals surface area (Å²) in [5.41, 5.74) is 1.16. The van der Waals surface area contributed by atoms with Crippen molar-refractivity contribution in [3.05, 3.63) is 35.9 Å². The van der Waals surface area contributed by atoms with Gasteiger partial charge >= 0.3 is 0 Å². The summed E-state index contributed by atoms with van der Waals surface area (Å²) in [7, 11) is 3.36. The summed E-state index contributed by atoms with van der Waals surface area (Å²) in [6.07, 6.45) is 5.18. The van der Waals surface area contributed by atoms with Gasteiger partial charge in [0.15, 0.2) is 6.29 Å². The Bertz CT molecular complexity index is 370. The van der Waals surface area contributed by atoms with Gasteiger partial charge in [0.2, 0.25) is 0 Å². The van der Waals surface area contributed by atoms with Gasteiger partial charge < -0.3 is 14.2 Å². The Morgan fingerprint density at radius 3 is 2.65 bits per heavy atom. The molecule has 2 atom stereocenters. The van der Waals surface area contributed by atoms with E-state index in [0.717, 1.165) is 24.3 Å². The molecule has 1 heterocycles. The molecule has 92 valence electrons. The number of hydrogen-bond acceptors (Lipinski definition) is 3. The molecule has 1 fully saturated rings. The maximum atomic E-state index is 5.45. The van der Waals surface area contributed by atoms with Crippen LogP contribution in [-0.2, 0) is 9.47 Å². The minimum atomic E-state index is -0.0931. The Hall–Kier alpha value is -1.32. The molecule has 3 nitrogen and oxygen atoms in total. The van der Waals surface area contributed by atoms with Crippen molar-refractivity contribution in [3.63, 3.8) is 0 Å². The highest BCUT2D eigenvalue weighted by molar-refractivity contribution is 5.50. The molecule has 0 aliphatic carbocycles. The highest BCUT2D eigenvalue weighted by atomic mass is 16.7. The van der Waals surface area contributed by atoms with Crippen molar-refractivity contribution in [2.75, 3.05) is 20.8 Å². The summed E-state index contributed by atoms with van der Waals surface area (Å²) in [6, 6.07) is 7.98. The van der Waals surface area contributed by atoms with E-state index in [-0.39, 0.29) is 6.29 Å². The molecule has 0 aromatic heterocycles. The third-order valence-electron chi connectivity index (χ3n) is 2.97. The van der Waals surface area contributed by atoms with Crippen LogP contribution in [0.2, 0.25) is 0 Å². The van der Waals surface area contributed by atoms with Gasteiger partial charge in [0, 0.05) is 13.0 Å². The van der Waals surface area contributed by atoms with Crippen LogP contribution in [0, 0.1) is 5.92 Å². The largest absolute Gasteiger partial charge is 0.497 e. The predicted octanol–water partition coefficient (Wildman–Crippen LogP) is 2.72. The molecule has 0 spiro atoms. The summed E-state index contributed by atoms with van der Waals surface area (Å²) in [5, 5.41) is 0. The Balaban J connectivity index is 1.99. The van der Waals surface area contributed by atoms with Crippen molar-refractivity contribution in [1.29, 1.82) is 0 Å². The maximum absolute atomic E-state index is 5.45. The summed E-state index contributed by atoms with van der Waals surface area (Å²) < 4.78 is 15.8. The first-order valence-electron chi connectivity index (χ1n) is 5.80. The van der Waals surface area contributed by atoms with Gasteiger partial charge in [-0.05, 0) is 24.1 Å². The van der Waals surface area contributed by atoms with Crippen LogP contribution in [0.3, 0.4) is 0 Å². The van der Waals surface area contributed by atoms with Crippen LogP contribution in [0.25, 0.3) is 6.08 Å². The summed E-state index contributed by atoms with van der Waals surface area (Å²) in [4.78, 5) is 0. The topological polar surface area (TPSA) is 27.7 Å². The number of ether oxygens (including phenoxy) is 3. The SMILES string of the molecule is COc1ccc(/C=C/[C@H]2CCO[C@@H]2OC)cc1. The molecule has 17 heavy (non-hydrogen) atoms. The molecule has 1 aromatic carbocycles. The average molecular weight is 234 g/mol. The van der Waals surface area contributed by atoms with Crippen LogP contribution in [0.5, 0.6) is 5.75 Å². The molecule has 0 radical (unpaired) electrons. The zero-order valence-corrected chi connectivity index (χ0v) is 10.3. The van der Waals surface area contributed by atoms with Crippen LogP contribution < -0.4 is 4.74 Å². The van der Waals surface area contributed by atoms with Crippen LogP contribution in [0.1, 0.15) is 12.0 Å². The first-order chi connectivity index (χ1) is 8.33. The monoisotopic (exact) mass is 234 g/mol. The highest BCUT2D eigenvalue weighted by Gasteiger charge is 2.25. The second-order valence-corrected chi connectivity index (χ2v) is 4.06. The van der Waals surface area contributed by atoms with Crippen LogP contribution in [-0.4, -0.2) is 27.1 Å². The molecule has 1 saturated heterocycles. The van der Waals surface area contributed by atoms with E-state index in [2.05, 4.69) is 12.2 Å². The lowest BCUT2D eigenvalue weighted by molar-refractivity contribution is -0.102. The fourth-order valence-corrected chi connectivity index (χ4v) is 1.96. The van der Waals surface area contributed by atoms with Gasteiger partial charge in [-0.25, -0.2) is 0 Å². The standard InChI is InChI=1S/C14H18O3/c1-15-13-7-4-11(5-8-13)3-6-12-9-10-17-14(12)16-2/h3-8,12,14H,9-10H2,1-2H3/b6-3+/t12-,14-/m0/s1. The number of methoxy groups -OCH3 is 2. The van der Waals surface area contributed by atoms with Crippen LogP contribution in [0.15, 0.2) is 30.3 Å². The van der Waals surface area contributed by atoms with Gasteiger partial charge in [-0.1, -0.05) is 24.3 Å². The van der Waals surface area contributed by atoms with Gasteiger partial charge in [-0.2, -0.15) is 0 Å². The van der Waals surface area contributed by atoms with Crippen molar-refractivity contribution < 1.29 is 14.2 Å². The van der Waals surface area contributed by atoms with E-state index in [0.29, 0.717) is 5.92 Å². The molecule has 0 unspecified atom stereocenters. The number of rotatable bonds is 4. The van der Waals surface area contributed by atoms with E-state index in [1.54, 1.807) is 14.2 Å². The first-order valence-corrected chi connectivity index (χ1v) is 5.80. The van der Waals surface area contributed by atoms with Crippen molar-refractivity contribution in [3.8, 4) is 5.75 Å². The van der Waals surface area contributed by atoms with E-state index >= 15 is 0 Å². The van der Waals surface area contributed by atoms with E-state index in [4.69, 9.17) is 14.2 Å². The smallest absolute Gasteiger partial charge is 0.163 e. The lowest BCUT2D eigenvalue weighted by atomic mass is 10.1. The minimum Gasteiger partial charge on any atom is -0.497 e. The van der Waals surface area contributed by atoms with Gasteiger partial charge in [0.1, 0.15) is 5.75 Å². The molecule has 0 amide bonds. The molecule has 0 bridgehead atoms. The molecule has 1 aromatic rings. The lowest BCUT2D eigenvalue weighted by Crippen LogP contribution is -2.15. The molecule has 0 saturated carbocycles. The van der Waals surface area contributed by atoms with Crippen LogP contribution >= 0.6 is 0 Å². The molecule has 1 aliphatic heterocycles. The Morgan fingerprint density at radius 1 is 1.24 bits per heavy atom. The van der Waals surface area contributed by atoms with E-state index < -0.39 is 0 Å². The molecule has 2 rings (SSSR count). The van der Waals surface area contributed by atoms with Gasteiger partial charge in [0.05, 0.1) is 13.7 Å². The Morgan fingerprint density at radius 2 is 2.00 bits per heavy atom. The van der Waals surface area contributed by atoms with E-state index in [1.807, 2.05) is 24.3 Å². The highest BCUT2D eigenvalue weighted by Crippen LogP contribution is 2.23. The summed E-state index contributed by atoms with van der Waals surface area (Å²) in [5.74, 6) is 1.23. The van der Waals surface area contributed by atoms with Crippen molar-refractivity contribution in [2.45, 2.75) is 12.7 Å². The average Bonchev–Trinajstić information content (AvgIpc) is 2.84. The summed E-state index contributed by atoms with van der Waals surface area (Å²) in [6.45, 7) is 0.774. The third kappa shape index (κ3) is 3.08. The number of benzene rings is 1. The van der Waals surface area contributed by atoms with E-state index in [9.17, 15) is 0 Å². The normalized spacial score (nSPS) is 24.4. The Kier molecular flexibility index (Phi) is 4.18. The Labute approximate surface area is 102 Å². The minimum absolute atomic E-state index is 0.0931. The quantitative estimate of drug-likeness (QED) is 0.801. The second-order valence-electron chi connectivity index (χ2n) is 4.06. The molecule has 3 heteroatoms. The van der Waals surface area contributed by atoms with Crippen molar-refractivity contribution in [1.82, 2.24) is 0 Å². The van der Waals surface area contributed by atoms with Gasteiger partial charge in [-0.15, -0.1) is 0 Å². The van der Waals surface area contributed by atoms with Gasteiger partial charge in [0.25, 0.3) is 0 Å². The zero-order chi connectivity index (χ0) is 12.1. The van der Waals surface area contributed by atoms with E-state index in [1.165, 1.54) is 0 Å². The second kappa shape index (κ2) is 5.84. The summed E-state index contributed by atoms with van der Waals surface area (Å²) >= 11 is 0. The van der Waals surface area contributed by atoms with Crippen LogP contribution in [0.4, 0.5) is 0 Å². The maximum Gasteiger partial charge on any atom is 0.163 e. The molecule has 1 aliphatic rings. The zero-order valence-electron chi connectivity index (χ0n) is 10.3. The number of hydrogen-bond donors (Lipinski definition) is 0. The van der Waals surface area contributed by atoms with Crippen molar-refractivity contribution in [2.24, 2.45) is 5.92 Å². The molecular formula is C14H18O3. The molecule has 0 N–H and O–H groups in total. The van der Waals surface area contributed by atoms with Gasteiger partial charge in [-0.3, -0.25) is 0 Å². The lowest BCUT2D eigenvalue weighted by Gasteiger charge is -2.12. The first kappa shape index (κ1) is 12.1. The third-order valence-corrected chi connectivity index (χ3v) is 2.97. The fraction of sp³-hybridized carbons (Fsp3) is 0.429. The fourth-order valence-electron chi connectivity index (χ4n) is 1.96. The molecular weight excluding hydrogens is 216 g/mol. The van der Waals surface area contributed by atoms with Crippen molar-refractivity contribution >= 4 is 6.08 Å².